The van der Waals surface area contributed by atoms with Crippen LogP contribution in [0.4, 0.5) is 0 Å². The normalized spacial score (nSPS) is 12.1. The van der Waals surface area contributed by atoms with Gasteiger partial charge in [0.2, 0.25) is 0 Å². The van der Waals surface area contributed by atoms with Crippen molar-refractivity contribution >= 4 is 17.9 Å². The second-order valence-corrected chi connectivity index (χ2v) is 20.3. The Balaban J connectivity index is 3.98. The Labute approximate surface area is 417 Å². The van der Waals surface area contributed by atoms with Gasteiger partial charge in [-0.15, -0.1) is 0 Å². The van der Waals surface area contributed by atoms with Gasteiger partial charge >= 0.3 is 17.9 Å². The lowest BCUT2D eigenvalue weighted by molar-refractivity contribution is -0.167. The van der Waals surface area contributed by atoms with Gasteiger partial charge in [0.1, 0.15) is 13.2 Å². The molecule has 0 amide bonds. The van der Waals surface area contributed by atoms with Gasteiger partial charge in [-0.3, -0.25) is 14.4 Å². The predicted octanol–water partition coefficient (Wildman–Crippen LogP) is 19.9. The molecule has 67 heavy (non-hydrogen) atoms. The Morgan fingerprint density at radius 1 is 0.299 bits per heavy atom. The van der Waals surface area contributed by atoms with Crippen LogP contribution in [-0.4, -0.2) is 37.2 Å². The molecule has 0 saturated carbocycles. The quantitative estimate of drug-likeness (QED) is 0.0262. The summed E-state index contributed by atoms with van der Waals surface area (Å²) in [6, 6.07) is 0. The van der Waals surface area contributed by atoms with Crippen LogP contribution in [-0.2, 0) is 28.6 Å². The van der Waals surface area contributed by atoms with Crippen LogP contribution in [0, 0.1) is 0 Å². The molecule has 0 rings (SSSR count). The van der Waals surface area contributed by atoms with Gasteiger partial charge in [0.05, 0.1) is 0 Å². The topological polar surface area (TPSA) is 78.9 Å². The van der Waals surface area contributed by atoms with Gasteiger partial charge in [-0.25, -0.2) is 0 Å². The molecule has 0 bridgehead atoms. The number of hydrogen-bond donors (Lipinski definition) is 0. The maximum Gasteiger partial charge on any atom is 0.306 e. The van der Waals surface area contributed by atoms with E-state index in [1.165, 1.54) is 218 Å². The standard InChI is InChI=1S/C61H114O6/c1-4-7-10-13-15-17-19-21-23-25-26-27-28-29-30-31-32-33-34-36-37-39-41-43-45-48-51-54-60(63)66-57-58(56-65-59(62)53-50-47-12-9-6-3)67-61(64)55-52-49-46-44-42-40-38-35-24-22-20-18-16-14-11-8-5-2/h19,21,25-26,58H,4-18,20,22-24,27-57H2,1-3H3/b21-19-,26-25-. The van der Waals surface area contributed by atoms with E-state index in [4.69, 9.17) is 14.2 Å². The first kappa shape index (κ1) is 64.9. The molecule has 0 radical (unpaired) electrons. The molecule has 394 valence electrons. The van der Waals surface area contributed by atoms with Crippen LogP contribution in [0.15, 0.2) is 24.3 Å². The molecule has 0 fully saturated rings. The van der Waals surface area contributed by atoms with Gasteiger partial charge < -0.3 is 14.2 Å². The fourth-order valence-corrected chi connectivity index (χ4v) is 8.95. The molecule has 0 saturated heterocycles. The summed E-state index contributed by atoms with van der Waals surface area (Å²) in [5, 5.41) is 0. The van der Waals surface area contributed by atoms with Crippen molar-refractivity contribution in [2.75, 3.05) is 13.2 Å². The van der Waals surface area contributed by atoms with Crippen LogP contribution >= 0.6 is 0 Å². The van der Waals surface area contributed by atoms with Gasteiger partial charge in [-0.05, 0) is 51.4 Å². The summed E-state index contributed by atoms with van der Waals surface area (Å²) in [6.45, 7) is 6.60. The fourth-order valence-electron chi connectivity index (χ4n) is 8.95. The average Bonchev–Trinajstić information content (AvgIpc) is 3.33. The summed E-state index contributed by atoms with van der Waals surface area (Å²) in [4.78, 5) is 37.8. The van der Waals surface area contributed by atoms with E-state index in [0.29, 0.717) is 19.3 Å². The zero-order valence-corrected chi connectivity index (χ0v) is 45.2. The minimum atomic E-state index is -0.763. The minimum Gasteiger partial charge on any atom is -0.462 e. The summed E-state index contributed by atoms with van der Waals surface area (Å²) in [5.41, 5.74) is 0. The molecule has 0 aromatic carbocycles. The van der Waals surface area contributed by atoms with Crippen molar-refractivity contribution in [1.29, 1.82) is 0 Å². The number of unbranched alkanes of at least 4 members (excludes halogenated alkanes) is 40. The van der Waals surface area contributed by atoms with E-state index < -0.39 is 6.10 Å². The maximum absolute atomic E-state index is 12.8. The summed E-state index contributed by atoms with van der Waals surface area (Å²) in [7, 11) is 0. The first-order valence-corrected chi connectivity index (χ1v) is 29.8. The lowest BCUT2D eigenvalue weighted by atomic mass is 10.0. The number of allylic oxidation sites excluding steroid dienone is 4. The number of esters is 3. The minimum absolute atomic E-state index is 0.0664. The summed E-state index contributed by atoms with van der Waals surface area (Å²) >= 11 is 0. The second-order valence-electron chi connectivity index (χ2n) is 20.3. The van der Waals surface area contributed by atoms with Gasteiger partial charge in [-0.1, -0.05) is 283 Å². The molecule has 0 spiro atoms. The van der Waals surface area contributed by atoms with Crippen molar-refractivity contribution < 1.29 is 28.6 Å². The highest BCUT2D eigenvalue weighted by atomic mass is 16.6. The highest BCUT2D eigenvalue weighted by Gasteiger charge is 2.19. The molecular weight excluding hydrogens is 829 g/mol. The Kier molecular flexibility index (Phi) is 54.7. The third-order valence-electron chi connectivity index (χ3n) is 13.5. The fraction of sp³-hybridized carbons (Fsp3) is 0.885. The van der Waals surface area contributed by atoms with E-state index in [0.717, 1.165) is 70.6 Å². The number of hydrogen-bond acceptors (Lipinski definition) is 6. The zero-order valence-electron chi connectivity index (χ0n) is 45.2. The largest absolute Gasteiger partial charge is 0.462 e. The molecule has 1 unspecified atom stereocenters. The molecular formula is C61H114O6. The zero-order chi connectivity index (χ0) is 48.6. The average molecular weight is 944 g/mol. The number of rotatable bonds is 55. The van der Waals surface area contributed by atoms with Crippen molar-refractivity contribution in [3.05, 3.63) is 24.3 Å². The summed E-state index contributed by atoms with van der Waals surface area (Å²) in [6.07, 6.45) is 66.6. The number of carbonyl (C=O) groups excluding carboxylic acids is 3. The third kappa shape index (κ3) is 54.7. The number of carbonyl (C=O) groups is 3. The Morgan fingerprint density at radius 3 is 0.821 bits per heavy atom. The highest BCUT2D eigenvalue weighted by Crippen LogP contribution is 2.17. The van der Waals surface area contributed by atoms with E-state index in [-0.39, 0.29) is 31.1 Å². The molecule has 0 aliphatic heterocycles. The summed E-state index contributed by atoms with van der Waals surface area (Å²) in [5.74, 6) is -0.860. The van der Waals surface area contributed by atoms with Crippen molar-refractivity contribution in [3.8, 4) is 0 Å². The van der Waals surface area contributed by atoms with Crippen LogP contribution in [0.2, 0.25) is 0 Å². The Bertz CT molecular complexity index is 1080. The lowest BCUT2D eigenvalue weighted by Crippen LogP contribution is -2.30. The second kappa shape index (κ2) is 56.5. The summed E-state index contributed by atoms with van der Waals surface area (Å²) < 4.78 is 16.7. The number of ether oxygens (including phenoxy) is 3. The molecule has 0 aromatic heterocycles. The molecule has 1 atom stereocenters. The van der Waals surface area contributed by atoms with Gasteiger partial charge in [0.15, 0.2) is 6.10 Å². The first-order chi connectivity index (χ1) is 33.0. The monoisotopic (exact) mass is 943 g/mol. The predicted molar refractivity (Wildman–Crippen MR) is 289 cm³/mol. The van der Waals surface area contributed by atoms with Gasteiger partial charge in [0, 0.05) is 19.3 Å². The van der Waals surface area contributed by atoms with E-state index >= 15 is 0 Å². The Hall–Kier alpha value is -2.11. The van der Waals surface area contributed by atoms with Crippen LogP contribution in [0.1, 0.15) is 329 Å². The van der Waals surface area contributed by atoms with Crippen molar-refractivity contribution in [2.45, 2.75) is 335 Å². The van der Waals surface area contributed by atoms with Gasteiger partial charge in [-0.2, -0.15) is 0 Å². The molecule has 6 heteroatoms. The van der Waals surface area contributed by atoms with E-state index in [9.17, 15) is 14.4 Å². The van der Waals surface area contributed by atoms with Crippen LogP contribution in [0.5, 0.6) is 0 Å². The van der Waals surface area contributed by atoms with Crippen LogP contribution < -0.4 is 0 Å². The molecule has 0 N–H and O–H groups in total. The maximum atomic E-state index is 12.8. The molecule has 0 heterocycles. The van der Waals surface area contributed by atoms with Crippen LogP contribution in [0.25, 0.3) is 0 Å². The van der Waals surface area contributed by atoms with E-state index in [1.54, 1.807) is 0 Å². The molecule has 0 aliphatic carbocycles. The smallest absolute Gasteiger partial charge is 0.306 e. The lowest BCUT2D eigenvalue weighted by Gasteiger charge is -2.18. The molecule has 0 aromatic rings. The SMILES string of the molecule is CCCCCCC/C=C\C/C=C\CCCCCCCCCCCCCCCCCC(=O)OCC(COC(=O)CCCCCCC)OC(=O)CCCCCCCCCCCCCCCCCCC. The van der Waals surface area contributed by atoms with Crippen LogP contribution in [0.3, 0.4) is 0 Å². The van der Waals surface area contributed by atoms with Gasteiger partial charge in [0.25, 0.3) is 0 Å². The third-order valence-corrected chi connectivity index (χ3v) is 13.5. The first-order valence-electron chi connectivity index (χ1n) is 29.8. The Morgan fingerprint density at radius 2 is 0.537 bits per heavy atom. The molecule has 0 aliphatic rings. The van der Waals surface area contributed by atoms with Crippen molar-refractivity contribution in [3.63, 3.8) is 0 Å². The van der Waals surface area contributed by atoms with Crippen molar-refractivity contribution in [1.82, 2.24) is 0 Å². The molecule has 6 nitrogen and oxygen atoms in total. The highest BCUT2D eigenvalue weighted by molar-refractivity contribution is 5.71. The van der Waals surface area contributed by atoms with E-state index in [2.05, 4.69) is 45.1 Å². The van der Waals surface area contributed by atoms with E-state index in [1.807, 2.05) is 0 Å². The van der Waals surface area contributed by atoms with Crippen molar-refractivity contribution in [2.24, 2.45) is 0 Å².